The van der Waals surface area contributed by atoms with Crippen LogP contribution in [0.5, 0.6) is 0 Å². The first-order valence-corrected chi connectivity index (χ1v) is 10.2. The number of rotatable bonds is 9. The highest BCUT2D eigenvalue weighted by Gasteiger charge is 2.29. The van der Waals surface area contributed by atoms with Gasteiger partial charge in [0.05, 0.1) is 6.42 Å². The van der Waals surface area contributed by atoms with Crippen molar-refractivity contribution in [3.63, 3.8) is 0 Å². The van der Waals surface area contributed by atoms with Crippen molar-refractivity contribution in [3.8, 4) is 0 Å². The minimum absolute atomic E-state index is 0.0586. The molecule has 10 heteroatoms. The monoisotopic (exact) mass is 390 g/mol. The summed E-state index contributed by atoms with van der Waals surface area (Å²) in [4.78, 5) is 23.7. The molecular formula is C15H22N2O6S2. The van der Waals surface area contributed by atoms with Crippen LogP contribution in [0.3, 0.4) is 0 Å². The molecule has 1 amide bonds. The van der Waals surface area contributed by atoms with Crippen LogP contribution < -0.4 is 5.32 Å². The molecule has 0 radical (unpaired) electrons. The highest BCUT2D eigenvalue weighted by molar-refractivity contribution is 7.91. The molecule has 1 saturated heterocycles. The molecule has 0 bridgehead atoms. The van der Waals surface area contributed by atoms with Crippen LogP contribution in [-0.4, -0.2) is 62.6 Å². The van der Waals surface area contributed by atoms with E-state index in [1.54, 1.807) is 6.07 Å². The number of carboxylic acid groups (broad SMARTS) is 1. The Morgan fingerprint density at radius 1 is 1.36 bits per heavy atom. The highest BCUT2D eigenvalue weighted by Crippen LogP contribution is 2.27. The second kappa shape index (κ2) is 8.75. The second-order valence-electron chi connectivity index (χ2n) is 5.75. The molecule has 1 fully saturated rings. The lowest BCUT2D eigenvalue weighted by Gasteiger charge is -2.14. The van der Waals surface area contributed by atoms with Crippen LogP contribution in [0.25, 0.3) is 0 Å². The molecule has 2 rings (SSSR count). The third kappa shape index (κ3) is 5.24. The molecule has 25 heavy (non-hydrogen) atoms. The summed E-state index contributed by atoms with van der Waals surface area (Å²) in [5.41, 5.74) is 0. The van der Waals surface area contributed by atoms with Crippen molar-refractivity contribution in [2.75, 3.05) is 26.8 Å². The van der Waals surface area contributed by atoms with E-state index in [-0.39, 0.29) is 23.7 Å². The fraction of sp³-hybridized carbons (Fsp3) is 0.600. The maximum atomic E-state index is 12.5. The Bertz CT molecular complexity index is 709. The van der Waals surface area contributed by atoms with Gasteiger partial charge in [0.2, 0.25) is 5.91 Å². The maximum Gasteiger partial charge on any atom is 0.326 e. The van der Waals surface area contributed by atoms with Crippen LogP contribution in [0.1, 0.15) is 24.1 Å². The molecule has 1 aliphatic rings. The molecule has 0 saturated carbocycles. The minimum Gasteiger partial charge on any atom is -0.480 e. The van der Waals surface area contributed by atoms with E-state index in [1.807, 2.05) is 0 Å². The smallest absolute Gasteiger partial charge is 0.326 e. The van der Waals surface area contributed by atoms with E-state index in [0.717, 1.165) is 24.2 Å². The number of nitrogens with one attached hydrogen (secondary N) is 1. The number of nitrogens with zero attached hydrogens (tertiary/aromatic N) is 1. The molecule has 8 nitrogen and oxygen atoms in total. The summed E-state index contributed by atoms with van der Waals surface area (Å²) in [7, 11) is -2.04. The topological polar surface area (TPSA) is 113 Å². The Morgan fingerprint density at radius 2 is 2.04 bits per heavy atom. The van der Waals surface area contributed by atoms with E-state index in [2.05, 4.69) is 5.32 Å². The van der Waals surface area contributed by atoms with E-state index in [0.29, 0.717) is 18.0 Å². The lowest BCUT2D eigenvalue weighted by Crippen LogP contribution is -2.42. The number of carboxylic acids is 1. The number of sulfonamides is 1. The third-order valence-electron chi connectivity index (χ3n) is 3.87. The molecule has 0 aromatic carbocycles. The number of aliphatic carboxylic acids is 1. The van der Waals surface area contributed by atoms with E-state index in [4.69, 9.17) is 9.84 Å². The number of amides is 1. The van der Waals surface area contributed by atoms with E-state index >= 15 is 0 Å². The Hall–Kier alpha value is -1.49. The van der Waals surface area contributed by atoms with Crippen LogP contribution in [0.4, 0.5) is 0 Å². The molecule has 1 aromatic rings. The van der Waals surface area contributed by atoms with Gasteiger partial charge in [0.15, 0.2) is 0 Å². The number of carbonyl (C=O) groups is 2. The Morgan fingerprint density at radius 3 is 2.64 bits per heavy atom. The molecule has 1 aliphatic heterocycles. The number of thiophene rings is 1. The standard InChI is InChI=1S/C15H22N2O6S2/c1-23-9-6-12(15(19)20)16-13(18)10-11-4-5-14(24-11)25(21,22)17-7-2-3-8-17/h4-5,12H,2-3,6-10H2,1H3,(H,16,18)(H,19,20). The van der Waals surface area contributed by atoms with Gasteiger partial charge in [0, 0.05) is 38.1 Å². The zero-order chi connectivity index (χ0) is 18.4. The number of carbonyl (C=O) groups excluding carboxylic acids is 1. The zero-order valence-electron chi connectivity index (χ0n) is 13.9. The lowest BCUT2D eigenvalue weighted by molar-refractivity contribution is -0.142. The van der Waals surface area contributed by atoms with Crippen LogP contribution in [0.15, 0.2) is 16.3 Å². The summed E-state index contributed by atoms with van der Waals surface area (Å²) in [6.45, 7) is 1.26. The average Bonchev–Trinajstić information content (AvgIpc) is 3.22. The fourth-order valence-electron chi connectivity index (χ4n) is 2.54. The predicted molar refractivity (Wildman–Crippen MR) is 92.1 cm³/mol. The molecule has 2 heterocycles. The van der Waals surface area contributed by atoms with Crippen molar-refractivity contribution < 1.29 is 27.9 Å². The van der Waals surface area contributed by atoms with Gasteiger partial charge >= 0.3 is 5.97 Å². The number of hydrogen-bond acceptors (Lipinski definition) is 6. The molecule has 0 spiro atoms. The van der Waals surface area contributed by atoms with Gasteiger partial charge in [-0.15, -0.1) is 11.3 Å². The molecule has 1 aromatic heterocycles. The van der Waals surface area contributed by atoms with Crippen molar-refractivity contribution in [2.45, 2.75) is 35.9 Å². The van der Waals surface area contributed by atoms with Gasteiger partial charge in [-0.2, -0.15) is 4.31 Å². The third-order valence-corrected chi connectivity index (χ3v) is 7.33. The number of ether oxygens (including phenoxy) is 1. The first kappa shape index (κ1) is 19.8. The summed E-state index contributed by atoms with van der Waals surface area (Å²) in [5.74, 6) is -1.59. The quantitative estimate of drug-likeness (QED) is 0.641. The molecule has 1 unspecified atom stereocenters. The van der Waals surface area contributed by atoms with Crippen molar-refractivity contribution in [2.24, 2.45) is 0 Å². The van der Waals surface area contributed by atoms with Crippen molar-refractivity contribution in [1.82, 2.24) is 9.62 Å². The summed E-state index contributed by atoms with van der Waals surface area (Å²) < 4.78 is 31.4. The van der Waals surface area contributed by atoms with E-state index in [9.17, 15) is 18.0 Å². The maximum absolute atomic E-state index is 12.5. The average molecular weight is 390 g/mol. The summed E-state index contributed by atoms with van der Waals surface area (Å²) in [5, 5.41) is 11.5. The van der Waals surface area contributed by atoms with Crippen LogP contribution in [0, 0.1) is 0 Å². The van der Waals surface area contributed by atoms with Gasteiger partial charge < -0.3 is 15.2 Å². The fourth-order valence-corrected chi connectivity index (χ4v) is 5.57. The second-order valence-corrected chi connectivity index (χ2v) is 9.08. The van der Waals surface area contributed by atoms with Crippen LogP contribution in [-0.2, 0) is 30.8 Å². The minimum atomic E-state index is -3.49. The van der Waals surface area contributed by atoms with E-state index in [1.165, 1.54) is 17.5 Å². The first-order chi connectivity index (χ1) is 11.8. The molecule has 0 aliphatic carbocycles. The predicted octanol–water partition coefficient (Wildman–Crippen LogP) is 0.681. The zero-order valence-corrected chi connectivity index (χ0v) is 15.6. The Labute approximate surface area is 150 Å². The summed E-state index contributed by atoms with van der Waals surface area (Å²) in [6.07, 6.45) is 1.82. The summed E-state index contributed by atoms with van der Waals surface area (Å²) >= 11 is 1.05. The van der Waals surface area contributed by atoms with E-state index < -0.39 is 27.9 Å². The van der Waals surface area contributed by atoms with Crippen molar-refractivity contribution >= 4 is 33.2 Å². The molecule has 140 valence electrons. The van der Waals surface area contributed by atoms with Gasteiger partial charge in [-0.05, 0) is 25.0 Å². The number of methoxy groups -OCH3 is 1. The van der Waals surface area contributed by atoms with Crippen molar-refractivity contribution in [3.05, 3.63) is 17.0 Å². The Balaban J connectivity index is 1.98. The van der Waals surface area contributed by atoms with Crippen molar-refractivity contribution in [1.29, 1.82) is 0 Å². The molecular weight excluding hydrogens is 368 g/mol. The van der Waals surface area contributed by atoms with Crippen LogP contribution >= 0.6 is 11.3 Å². The molecule has 1 atom stereocenters. The Kier molecular flexibility index (Phi) is 6.94. The van der Waals surface area contributed by atoms with Gasteiger partial charge in [0.25, 0.3) is 10.0 Å². The van der Waals surface area contributed by atoms with Gasteiger partial charge in [-0.25, -0.2) is 13.2 Å². The first-order valence-electron chi connectivity index (χ1n) is 7.94. The normalized spacial score (nSPS) is 16.7. The number of hydrogen-bond donors (Lipinski definition) is 2. The SMILES string of the molecule is COCCC(NC(=O)Cc1ccc(S(=O)(=O)N2CCCC2)s1)C(=O)O. The van der Waals surface area contributed by atoms with Gasteiger partial charge in [-0.1, -0.05) is 0 Å². The van der Waals surface area contributed by atoms with Gasteiger partial charge in [-0.3, -0.25) is 4.79 Å². The molecule has 2 N–H and O–H groups in total. The van der Waals surface area contributed by atoms with Crippen LogP contribution in [0.2, 0.25) is 0 Å². The summed E-state index contributed by atoms with van der Waals surface area (Å²) in [6, 6.07) is 2.07. The highest BCUT2D eigenvalue weighted by atomic mass is 32.2. The van der Waals surface area contributed by atoms with Gasteiger partial charge in [0.1, 0.15) is 10.3 Å². The largest absolute Gasteiger partial charge is 0.480 e. The lowest BCUT2D eigenvalue weighted by atomic mass is 10.2.